The van der Waals surface area contributed by atoms with Gasteiger partial charge in [0.15, 0.2) is 5.78 Å². The van der Waals surface area contributed by atoms with Gasteiger partial charge in [0.2, 0.25) is 0 Å². The smallest absolute Gasteiger partial charge is 0.159 e. The van der Waals surface area contributed by atoms with Gasteiger partial charge in [0.05, 0.1) is 38.2 Å². The molecule has 0 saturated carbocycles. The normalized spacial score (nSPS) is 15.7. The second-order valence-electron chi connectivity index (χ2n) is 8.55. The van der Waals surface area contributed by atoms with Crippen molar-refractivity contribution in [1.29, 1.82) is 5.26 Å². The van der Waals surface area contributed by atoms with Gasteiger partial charge in [-0.15, -0.1) is 0 Å². The zero-order valence-electron chi connectivity index (χ0n) is 30.4. The largest absolute Gasteiger partial charge is 0.494 e. The molecule has 2 aromatic heterocycles. The topological polar surface area (TPSA) is 100 Å². The van der Waals surface area contributed by atoms with Crippen LogP contribution < -0.4 is 14.8 Å². The fourth-order valence-electron chi connectivity index (χ4n) is 3.77. The Balaban J connectivity index is 1.73. The molecule has 4 rings (SSSR count). The monoisotopic (exact) mass is 564 g/mol. The lowest BCUT2D eigenvalue weighted by Gasteiger charge is -2.16. The van der Waals surface area contributed by atoms with Crippen LogP contribution in [0.1, 0.15) is 36.0 Å². The Morgan fingerprint density at radius 2 is 2.15 bits per heavy atom. The van der Waals surface area contributed by atoms with Crippen molar-refractivity contribution in [1.82, 2.24) is 14.9 Å². The number of aromatic nitrogens is 2. The van der Waals surface area contributed by atoms with E-state index >= 15 is 0 Å². The molecule has 2 heterocycles. The highest BCUT2D eigenvalue weighted by molar-refractivity contribution is 6.32. The quantitative estimate of drug-likeness (QED) is 0.206. The molecule has 0 spiro atoms. The van der Waals surface area contributed by atoms with Crippen molar-refractivity contribution in [2.75, 3.05) is 32.4 Å². The summed E-state index contributed by atoms with van der Waals surface area (Å²) in [5.74, 6) is -0.729. The lowest BCUT2D eigenvalue weighted by molar-refractivity contribution is -0.114. The zero-order chi connectivity index (χ0) is 36.1. The number of rotatable bonds is 12. The number of pyridine rings is 2. The summed E-state index contributed by atoms with van der Waals surface area (Å²) in [7, 11) is 1.30. The van der Waals surface area contributed by atoms with E-state index in [1.165, 1.54) is 25.4 Å². The third-order valence-corrected chi connectivity index (χ3v) is 5.91. The van der Waals surface area contributed by atoms with Crippen molar-refractivity contribution in [3.63, 3.8) is 0 Å². The molecule has 0 aliphatic carbocycles. The van der Waals surface area contributed by atoms with Gasteiger partial charge >= 0.3 is 0 Å². The summed E-state index contributed by atoms with van der Waals surface area (Å²) < 4.78 is 80.4. The highest BCUT2D eigenvalue weighted by atomic mass is 35.5. The summed E-state index contributed by atoms with van der Waals surface area (Å²) in [5.41, 5.74) is 1.64. The molecule has 0 aliphatic rings. The van der Waals surface area contributed by atoms with Gasteiger partial charge in [-0.25, -0.2) is 0 Å². The van der Waals surface area contributed by atoms with Gasteiger partial charge in [-0.2, -0.15) is 5.26 Å². The molecule has 0 saturated heterocycles. The lowest BCUT2D eigenvalue weighted by atomic mass is 10.0. The first-order valence-electron chi connectivity index (χ1n) is 16.4. The van der Waals surface area contributed by atoms with Crippen LogP contribution in [-0.2, 0) is 17.8 Å². The van der Waals surface area contributed by atoms with E-state index < -0.39 is 38.6 Å². The SMILES string of the molecule is [2H]/C(=C\CN(C)C([2H])([2H])[2H])C(=O)Cc1cc2c(Nc3ccc(OCc4ccccn4)c(Cl)c3)c(C#N)cnc2cc1OC([2H])([2H])C([2H])([2H])[2H]. The van der Waals surface area contributed by atoms with E-state index in [-0.39, 0.29) is 51.6 Å². The molecule has 0 fully saturated rings. The first-order valence-corrected chi connectivity index (χ1v) is 12.3. The van der Waals surface area contributed by atoms with Crippen molar-refractivity contribution in [2.24, 2.45) is 0 Å². The number of nitrogens with zero attached hydrogens (tertiary/aromatic N) is 4. The Labute approximate surface area is 251 Å². The number of carbonyl (C=O) groups is 1. The van der Waals surface area contributed by atoms with Gasteiger partial charge in [-0.3, -0.25) is 14.8 Å². The fraction of sp³-hybridized carbons (Fsp3) is 0.226. The number of nitrogens with one attached hydrogen (secondary N) is 1. The van der Waals surface area contributed by atoms with Gasteiger partial charge in [0, 0.05) is 56.3 Å². The van der Waals surface area contributed by atoms with Gasteiger partial charge < -0.3 is 19.7 Å². The molecule has 0 amide bonds. The number of likely N-dealkylation sites (N-methyl/N-ethyl adjacent to an activating group) is 1. The van der Waals surface area contributed by atoms with Crippen LogP contribution in [0.4, 0.5) is 11.4 Å². The van der Waals surface area contributed by atoms with Crippen LogP contribution in [0.3, 0.4) is 0 Å². The number of hydrogen-bond donors (Lipinski definition) is 1. The Bertz CT molecular complexity index is 1910. The maximum absolute atomic E-state index is 13.1. The second-order valence-corrected chi connectivity index (χ2v) is 8.96. The van der Waals surface area contributed by atoms with Crippen LogP contribution in [-0.4, -0.2) is 47.8 Å². The Kier molecular flexibility index (Phi) is 6.36. The first-order chi connectivity index (χ1) is 22.9. The van der Waals surface area contributed by atoms with Crippen molar-refractivity contribution < 1.29 is 26.6 Å². The van der Waals surface area contributed by atoms with Crippen LogP contribution in [0.5, 0.6) is 11.5 Å². The molecule has 1 N–H and O–H groups in total. The van der Waals surface area contributed by atoms with E-state index in [0.29, 0.717) is 17.1 Å². The molecule has 40 heavy (non-hydrogen) atoms. The van der Waals surface area contributed by atoms with Crippen molar-refractivity contribution in [3.05, 3.63) is 94.9 Å². The van der Waals surface area contributed by atoms with Crippen LogP contribution in [0.25, 0.3) is 10.9 Å². The van der Waals surface area contributed by atoms with Crippen molar-refractivity contribution in [2.45, 2.75) is 19.9 Å². The molecule has 8 nitrogen and oxygen atoms in total. The molecule has 0 radical (unpaired) electrons. The third kappa shape index (κ3) is 7.35. The number of ketones is 1. The summed E-state index contributed by atoms with van der Waals surface area (Å²) in [6, 6.07) is 14.4. The van der Waals surface area contributed by atoms with Crippen LogP contribution in [0.2, 0.25) is 5.02 Å². The maximum Gasteiger partial charge on any atom is 0.159 e. The van der Waals surface area contributed by atoms with Crippen LogP contribution >= 0.6 is 11.6 Å². The predicted octanol–water partition coefficient (Wildman–Crippen LogP) is 6.11. The summed E-state index contributed by atoms with van der Waals surface area (Å²) in [4.78, 5) is 22.6. The maximum atomic E-state index is 13.1. The Morgan fingerprint density at radius 3 is 2.90 bits per heavy atom. The minimum atomic E-state index is -3.21. The molecule has 0 bridgehead atoms. The number of hydrogen-bond acceptors (Lipinski definition) is 8. The second kappa shape index (κ2) is 13.6. The molecule has 0 unspecified atom stereocenters. The first kappa shape index (κ1) is 18.8. The van der Waals surface area contributed by atoms with Crippen molar-refractivity contribution >= 4 is 39.7 Å². The molecule has 0 aliphatic heterocycles. The molecule has 4 aromatic rings. The predicted molar refractivity (Wildman–Crippen MR) is 157 cm³/mol. The van der Waals surface area contributed by atoms with E-state index in [0.717, 1.165) is 11.0 Å². The molecular weight excluding hydrogens is 526 g/mol. The van der Waals surface area contributed by atoms with Gasteiger partial charge in [-0.1, -0.05) is 23.7 Å². The number of benzene rings is 2. The molecule has 0 atom stereocenters. The molecule has 2 aromatic carbocycles. The van der Waals surface area contributed by atoms with E-state index in [4.69, 9.17) is 33.4 Å². The Morgan fingerprint density at radius 1 is 1.25 bits per heavy atom. The van der Waals surface area contributed by atoms with E-state index in [2.05, 4.69) is 21.4 Å². The molecule has 9 heteroatoms. The van der Waals surface area contributed by atoms with Crippen LogP contribution in [0.15, 0.2) is 73.1 Å². The minimum absolute atomic E-state index is 0.0100. The fourth-order valence-corrected chi connectivity index (χ4v) is 4.00. The lowest BCUT2D eigenvalue weighted by Crippen LogP contribution is -2.11. The number of halogens is 1. The zero-order valence-corrected chi connectivity index (χ0v) is 22.1. The summed E-state index contributed by atoms with van der Waals surface area (Å²) >= 11 is 6.50. The van der Waals surface area contributed by atoms with E-state index in [1.807, 2.05) is 6.07 Å². The number of fused-ring (bicyclic) bond motifs is 1. The van der Waals surface area contributed by atoms with E-state index in [1.54, 1.807) is 36.5 Å². The highest BCUT2D eigenvalue weighted by Crippen LogP contribution is 2.36. The van der Waals surface area contributed by atoms with Crippen molar-refractivity contribution in [3.8, 4) is 17.6 Å². The summed E-state index contributed by atoms with van der Waals surface area (Å²) in [6.07, 6.45) is 3.47. The summed E-state index contributed by atoms with van der Waals surface area (Å²) in [5, 5.41) is 13.6. The Hall–Kier alpha value is -4.45. The van der Waals surface area contributed by atoms with Gasteiger partial charge in [-0.05, 0) is 63.3 Å². The average molecular weight is 565 g/mol. The minimum Gasteiger partial charge on any atom is -0.494 e. The van der Waals surface area contributed by atoms with Crippen LogP contribution in [0, 0.1) is 11.3 Å². The highest BCUT2D eigenvalue weighted by Gasteiger charge is 2.16. The number of anilines is 2. The average Bonchev–Trinajstić information content (AvgIpc) is 3.03. The number of ether oxygens (including phenoxy) is 2. The third-order valence-electron chi connectivity index (χ3n) is 5.61. The number of carbonyl (C=O) groups excluding carboxylic acids is 1. The molecule has 204 valence electrons. The summed E-state index contributed by atoms with van der Waals surface area (Å²) in [6.45, 7) is -8.89. The number of nitriles is 1. The number of allylic oxidation sites excluding steroid dienone is 1. The van der Waals surface area contributed by atoms with E-state index in [9.17, 15) is 10.1 Å². The standard InChI is InChI=1S/C31H30ClN5O3/c1-4-39-30-17-28-26(15-21(30)14-25(38)9-7-13-37(2)3)31(22(18-33)19-35-28)36-23-10-11-29(27(32)16-23)40-20-24-8-5-6-12-34-24/h5-12,15-17,19H,4,13-14,20H2,1-3H3,(H,35,36)/b9-7+/i1D3,2D3,4D2,9D. The van der Waals surface area contributed by atoms with Gasteiger partial charge in [0.1, 0.15) is 24.2 Å². The van der Waals surface area contributed by atoms with Gasteiger partial charge in [0.25, 0.3) is 0 Å². The molecular formula is C31H30ClN5O3.